The van der Waals surface area contributed by atoms with Crippen molar-refractivity contribution < 1.29 is 9.53 Å². The lowest BCUT2D eigenvalue weighted by molar-refractivity contribution is 0.100. The van der Waals surface area contributed by atoms with Crippen LogP contribution in [0.1, 0.15) is 16.1 Å². The van der Waals surface area contributed by atoms with Crippen LogP contribution >= 0.6 is 0 Å². The first-order valence-electron chi connectivity index (χ1n) is 4.86. The molecule has 0 spiro atoms. The second-order valence-electron chi connectivity index (χ2n) is 3.49. The number of methoxy groups -OCH3 is 1. The number of carbonyl (C=O) groups excluding carboxylic acids is 1. The maximum absolute atomic E-state index is 11.6. The van der Waals surface area contributed by atoms with Gasteiger partial charge in [0.15, 0.2) is 0 Å². The molecule has 1 aliphatic rings. The summed E-state index contributed by atoms with van der Waals surface area (Å²) in [4.78, 5) is 19.7. The molecule has 1 amide bonds. The summed E-state index contributed by atoms with van der Waals surface area (Å²) >= 11 is 0. The fraction of sp³-hybridized carbons (Fsp3) is 0.0833. The third-order valence-electron chi connectivity index (χ3n) is 2.59. The predicted octanol–water partition coefficient (Wildman–Crippen LogP) is 1.82. The molecule has 1 aromatic carbocycles. The van der Waals surface area contributed by atoms with E-state index in [0.717, 1.165) is 10.9 Å². The highest BCUT2D eigenvalue weighted by Gasteiger charge is 2.24. The number of hydrogen-bond acceptors (Lipinski definition) is 3. The number of amides is 1. The third-order valence-corrected chi connectivity index (χ3v) is 2.59. The Hall–Kier alpha value is -2.23. The fourth-order valence-electron chi connectivity index (χ4n) is 1.90. The molecule has 0 aliphatic carbocycles. The Labute approximate surface area is 91.6 Å². The summed E-state index contributed by atoms with van der Waals surface area (Å²) in [5.74, 6) is 0.271. The Bertz CT molecular complexity index is 632. The number of aliphatic imine (C=N–C) groups is 1. The van der Waals surface area contributed by atoms with Crippen LogP contribution in [0.25, 0.3) is 10.9 Å². The summed E-state index contributed by atoms with van der Waals surface area (Å²) in [6, 6.07) is 7.55. The molecule has 1 aromatic heterocycles. The zero-order chi connectivity index (χ0) is 11.1. The van der Waals surface area contributed by atoms with Gasteiger partial charge in [0.25, 0.3) is 5.91 Å². The Morgan fingerprint density at radius 3 is 2.88 bits per heavy atom. The summed E-state index contributed by atoms with van der Waals surface area (Å²) in [6.07, 6.45) is 1.48. The van der Waals surface area contributed by atoms with Crippen LogP contribution in [-0.2, 0) is 0 Å². The monoisotopic (exact) mass is 212 g/mol. The van der Waals surface area contributed by atoms with Crippen molar-refractivity contribution in [2.75, 3.05) is 7.11 Å². The largest absolute Gasteiger partial charge is 0.495 e. The molecule has 78 valence electrons. The van der Waals surface area contributed by atoms with Gasteiger partial charge in [-0.05, 0) is 12.1 Å². The minimum atomic E-state index is -0.287. The van der Waals surface area contributed by atoms with Crippen molar-refractivity contribution in [2.45, 2.75) is 0 Å². The van der Waals surface area contributed by atoms with Gasteiger partial charge in [-0.25, -0.2) is 9.98 Å². The lowest BCUT2D eigenvalue weighted by Crippen LogP contribution is -2.01. The first kappa shape index (κ1) is 9.03. The van der Waals surface area contributed by atoms with E-state index in [9.17, 15) is 4.79 Å². The molecular formula is C12H8N2O2. The molecule has 0 bridgehead atoms. The standard InChI is InChI=1S/C12H8N2O2/c1-16-11-7-4-2-3-5-8(7)14-9-6-13-12(15)10(9)11/h2-6H,1H3. The number of rotatable bonds is 1. The first-order chi connectivity index (χ1) is 7.81. The van der Waals surface area contributed by atoms with Crippen LogP contribution in [-0.4, -0.2) is 24.2 Å². The predicted molar refractivity (Wildman–Crippen MR) is 60.2 cm³/mol. The molecule has 0 saturated heterocycles. The number of nitrogens with zero attached hydrogens (tertiary/aromatic N) is 2. The zero-order valence-electron chi connectivity index (χ0n) is 8.60. The van der Waals surface area contributed by atoms with Gasteiger partial charge in [-0.2, -0.15) is 0 Å². The van der Waals surface area contributed by atoms with E-state index in [1.807, 2.05) is 24.3 Å². The molecule has 0 saturated carbocycles. The van der Waals surface area contributed by atoms with Gasteiger partial charge < -0.3 is 4.74 Å². The molecule has 2 heterocycles. The minimum Gasteiger partial charge on any atom is -0.495 e. The van der Waals surface area contributed by atoms with E-state index in [1.165, 1.54) is 6.21 Å². The fourth-order valence-corrected chi connectivity index (χ4v) is 1.90. The molecule has 0 atom stereocenters. The smallest absolute Gasteiger partial charge is 0.283 e. The highest BCUT2D eigenvalue weighted by Crippen LogP contribution is 2.32. The van der Waals surface area contributed by atoms with E-state index in [0.29, 0.717) is 17.0 Å². The van der Waals surface area contributed by atoms with E-state index >= 15 is 0 Å². The Morgan fingerprint density at radius 1 is 1.25 bits per heavy atom. The summed E-state index contributed by atoms with van der Waals surface area (Å²) < 4.78 is 5.30. The molecular weight excluding hydrogens is 204 g/mol. The van der Waals surface area contributed by atoms with Crippen molar-refractivity contribution in [3.05, 3.63) is 35.5 Å². The minimum absolute atomic E-state index is 0.287. The van der Waals surface area contributed by atoms with Crippen LogP contribution in [0.4, 0.5) is 0 Å². The van der Waals surface area contributed by atoms with Gasteiger partial charge in [-0.15, -0.1) is 0 Å². The molecule has 0 N–H and O–H groups in total. The van der Waals surface area contributed by atoms with Gasteiger partial charge in [-0.1, -0.05) is 12.1 Å². The first-order valence-corrected chi connectivity index (χ1v) is 4.86. The van der Waals surface area contributed by atoms with E-state index < -0.39 is 0 Å². The van der Waals surface area contributed by atoms with Crippen molar-refractivity contribution in [2.24, 2.45) is 4.99 Å². The Kier molecular flexibility index (Phi) is 1.77. The third kappa shape index (κ3) is 1.07. The maximum atomic E-state index is 11.6. The van der Waals surface area contributed by atoms with Crippen molar-refractivity contribution in [3.8, 4) is 5.75 Å². The van der Waals surface area contributed by atoms with Gasteiger partial charge in [0.1, 0.15) is 11.3 Å². The number of hydrogen-bond donors (Lipinski definition) is 0. The van der Waals surface area contributed by atoms with E-state index in [-0.39, 0.29) is 5.91 Å². The van der Waals surface area contributed by atoms with Crippen LogP contribution in [0.2, 0.25) is 0 Å². The lowest BCUT2D eigenvalue weighted by atomic mass is 10.1. The number of benzene rings is 1. The molecule has 4 nitrogen and oxygen atoms in total. The van der Waals surface area contributed by atoms with Crippen molar-refractivity contribution in [1.29, 1.82) is 0 Å². The number of para-hydroxylation sites is 1. The van der Waals surface area contributed by atoms with Gasteiger partial charge >= 0.3 is 0 Å². The molecule has 3 rings (SSSR count). The summed E-state index contributed by atoms with van der Waals surface area (Å²) in [5, 5.41) is 0.836. The van der Waals surface area contributed by atoms with Gasteiger partial charge in [0.05, 0.1) is 24.5 Å². The topological polar surface area (TPSA) is 51.6 Å². The number of fused-ring (bicyclic) bond motifs is 2. The van der Waals surface area contributed by atoms with Crippen molar-refractivity contribution in [3.63, 3.8) is 0 Å². The molecule has 0 unspecified atom stereocenters. The number of ether oxygens (including phenoxy) is 1. The van der Waals surface area contributed by atoms with Crippen LogP contribution < -0.4 is 4.74 Å². The Morgan fingerprint density at radius 2 is 2.06 bits per heavy atom. The lowest BCUT2D eigenvalue weighted by Gasteiger charge is -2.08. The molecule has 1 aliphatic heterocycles. The SMILES string of the molecule is COc1c2c(nc3ccccc13)C=NC2=O. The second-order valence-corrected chi connectivity index (χ2v) is 3.49. The molecule has 0 radical (unpaired) electrons. The van der Waals surface area contributed by atoms with E-state index in [4.69, 9.17) is 4.74 Å². The molecule has 2 aromatic rings. The second kappa shape index (κ2) is 3.13. The van der Waals surface area contributed by atoms with Crippen molar-refractivity contribution >= 4 is 23.0 Å². The number of carbonyl (C=O) groups is 1. The van der Waals surface area contributed by atoms with Crippen LogP contribution in [0.15, 0.2) is 29.3 Å². The highest BCUT2D eigenvalue weighted by atomic mass is 16.5. The van der Waals surface area contributed by atoms with Crippen molar-refractivity contribution in [1.82, 2.24) is 4.98 Å². The normalized spacial score (nSPS) is 13.2. The maximum Gasteiger partial charge on any atom is 0.283 e. The molecule has 16 heavy (non-hydrogen) atoms. The van der Waals surface area contributed by atoms with Gasteiger partial charge in [0.2, 0.25) is 0 Å². The van der Waals surface area contributed by atoms with Crippen LogP contribution in [0.3, 0.4) is 0 Å². The number of pyridine rings is 1. The van der Waals surface area contributed by atoms with Gasteiger partial charge in [-0.3, -0.25) is 4.79 Å². The summed E-state index contributed by atoms with van der Waals surface area (Å²) in [7, 11) is 1.55. The quantitative estimate of drug-likeness (QED) is 0.724. The molecule has 0 fully saturated rings. The summed E-state index contributed by atoms with van der Waals surface area (Å²) in [5.41, 5.74) is 1.85. The molecule has 4 heteroatoms. The highest BCUT2D eigenvalue weighted by molar-refractivity contribution is 6.16. The average molecular weight is 212 g/mol. The van der Waals surface area contributed by atoms with Crippen LogP contribution in [0.5, 0.6) is 5.75 Å². The zero-order valence-corrected chi connectivity index (χ0v) is 8.60. The van der Waals surface area contributed by atoms with E-state index in [2.05, 4.69) is 9.98 Å². The Balaban J connectivity index is 2.47. The van der Waals surface area contributed by atoms with E-state index in [1.54, 1.807) is 7.11 Å². The van der Waals surface area contributed by atoms with Gasteiger partial charge in [0, 0.05) is 5.39 Å². The average Bonchev–Trinajstić information content (AvgIpc) is 2.68. The number of aromatic nitrogens is 1. The van der Waals surface area contributed by atoms with Crippen LogP contribution in [0, 0.1) is 0 Å². The summed E-state index contributed by atoms with van der Waals surface area (Å²) in [6.45, 7) is 0.